The first-order chi connectivity index (χ1) is 6.02. The molecule has 0 amide bonds. The van der Waals surface area contributed by atoms with Gasteiger partial charge in [-0.2, -0.15) is 0 Å². The summed E-state index contributed by atoms with van der Waals surface area (Å²) in [6, 6.07) is 4.14. The van der Waals surface area contributed by atoms with Crippen molar-refractivity contribution in [3.05, 3.63) is 29.3 Å². The van der Waals surface area contributed by atoms with Gasteiger partial charge in [0.2, 0.25) is 0 Å². The summed E-state index contributed by atoms with van der Waals surface area (Å²) < 4.78 is 0. The average molecular weight is 179 g/mol. The highest BCUT2D eigenvalue weighted by molar-refractivity contribution is 5.99. The lowest BCUT2D eigenvalue weighted by Gasteiger charge is -2.01. The number of carboxylic acids is 1. The quantitative estimate of drug-likeness (QED) is 0.527. The minimum absolute atomic E-state index is 0.0185. The van der Waals surface area contributed by atoms with E-state index < -0.39 is 5.97 Å². The summed E-state index contributed by atoms with van der Waals surface area (Å²) in [6.07, 6.45) is 0. The molecule has 1 rings (SSSR count). The van der Waals surface area contributed by atoms with Crippen molar-refractivity contribution in [1.29, 1.82) is 0 Å². The smallest absolute Gasteiger partial charge is 0.337 e. The highest BCUT2D eigenvalue weighted by atomic mass is 16.4. The molecular weight excluding hydrogens is 170 g/mol. The molecule has 0 aliphatic rings. The van der Waals surface area contributed by atoms with Crippen LogP contribution in [0.2, 0.25) is 0 Å². The third-order valence-corrected chi connectivity index (χ3v) is 1.69. The molecule has 1 aromatic carbocycles. The zero-order valence-corrected chi connectivity index (χ0v) is 7.07. The number of hydrogen-bond donors (Lipinski definition) is 2. The molecule has 0 aromatic heterocycles. The van der Waals surface area contributed by atoms with Crippen molar-refractivity contribution in [3.8, 4) is 0 Å². The van der Waals surface area contributed by atoms with Gasteiger partial charge in [-0.05, 0) is 19.1 Å². The molecule has 68 valence electrons. The van der Waals surface area contributed by atoms with E-state index in [1.807, 2.05) is 0 Å². The van der Waals surface area contributed by atoms with Gasteiger partial charge in [0.25, 0.3) is 0 Å². The molecule has 0 heterocycles. The third kappa shape index (κ3) is 1.84. The zero-order valence-electron chi connectivity index (χ0n) is 7.07. The Balaban J connectivity index is 3.20. The molecule has 0 unspecified atom stereocenters. The van der Waals surface area contributed by atoms with Gasteiger partial charge in [-0.3, -0.25) is 4.79 Å². The van der Waals surface area contributed by atoms with Gasteiger partial charge >= 0.3 is 5.97 Å². The maximum absolute atomic E-state index is 10.9. The first kappa shape index (κ1) is 9.25. The first-order valence-electron chi connectivity index (χ1n) is 3.66. The van der Waals surface area contributed by atoms with E-state index in [1.54, 1.807) is 0 Å². The molecule has 4 heteroatoms. The standard InChI is InChI=1S/C9H9NO3/c1-5(11)6-2-3-7(9(12)13)8(10)4-6/h2-4H,10H2,1H3,(H,12,13). The number of carbonyl (C=O) groups excluding carboxylic acids is 1. The van der Waals surface area contributed by atoms with Crippen LogP contribution in [0.1, 0.15) is 27.6 Å². The summed E-state index contributed by atoms with van der Waals surface area (Å²) in [5, 5.41) is 8.63. The van der Waals surface area contributed by atoms with Crippen molar-refractivity contribution in [3.63, 3.8) is 0 Å². The topological polar surface area (TPSA) is 80.4 Å². The number of nitrogens with two attached hydrogens (primary N) is 1. The molecule has 0 aliphatic carbocycles. The highest BCUT2D eigenvalue weighted by Crippen LogP contribution is 2.14. The van der Waals surface area contributed by atoms with Gasteiger partial charge in [0.15, 0.2) is 5.78 Å². The number of Topliss-reactive ketones (excluding diaryl/α,β-unsaturated/α-hetero) is 1. The van der Waals surface area contributed by atoms with Crippen molar-refractivity contribution >= 4 is 17.4 Å². The number of rotatable bonds is 2. The van der Waals surface area contributed by atoms with E-state index >= 15 is 0 Å². The Bertz CT molecular complexity index is 371. The predicted molar refractivity (Wildman–Crippen MR) is 47.8 cm³/mol. The molecule has 0 saturated carbocycles. The van der Waals surface area contributed by atoms with Crippen molar-refractivity contribution in [1.82, 2.24) is 0 Å². The molecular formula is C9H9NO3. The SMILES string of the molecule is CC(=O)c1ccc(C(=O)O)c(N)c1. The molecule has 0 saturated heterocycles. The highest BCUT2D eigenvalue weighted by Gasteiger charge is 2.09. The van der Waals surface area contributed by atoms with E-state index in [4.69, 9.17) is 10.8 Å². The molecule has 1 aromatic rings. The Morgan fingerprint density at radius 1 is 1.38 bits per heavy atom. The lowest BCUT2D eigenvalue weighted by molar-refractivity contribution is 0.0697. The monoisotopic (exact) mass is 179 g/mol. The number of anilines is 1. The van der Waals surface area contributed by atoms with Crippen molar-refractivity contribution in [2.45, 2.75) is 6.92 Å². The van der Waals surface area contributed by atoms with Crippen molar-refractivity contribution in [2.24, 2.45) is 0 Å². The van der Waals surface area contributed by atoms with Gasteiger partial charge in [-0.1, -0.05) is 6.07 Å². The van der Waals surface area contributed by atoms with Crippen LogP contribution in [0.5, 0.6) is 0 Å². The van der Waals surface area contributed by atoms with Gasteiger partial charge < -0.3 is 10.8 Å². The summed E-state index contributed by atoms with van der Waals surface area (Å²) in [7, 11) is 0. The summed E-state index contributed by atoms with van der Waals surface area (Å²) in [5.41, 5.74) is 5.98. The molecule has 0 radical (unpaired) electrons. The van der Waals surface area contributed by atoms with Gasteiger partial charge in [0, 0.05) is 11.3 Å². The van der Waals surface area contributed by atoms with Crippen LogP contribution in [0.4, 0.5) is 5.69 Å². The molecule has 0 fully saturated rings. The summed E-state index contributed by atoms with van der Waals surface area (Å²) >= 11 is 0. The number of carboxylic acid groups (broad SMARTS) is 1. The average Bonchev–Trinajstić information content (AvgIpc) is 2.03. The van der Waals surface area contributed by atoms with Crippen LogP contribution in [0, 0.1) is 0 Å². The van der Waals surface area contributed by atoms with Crippen LogP contribution in [0.25, 0.3) is 0 Å². The number of carbonyl (C=O) groups is 2. The molecule has 0 aliphatic heterocycles. The number of aromatic carboxylic acids is 1. The van der Waals surface area contributed by atoms with Crippen molar-refractivity contribution < 1.29 is 14.7 Å². The largest absolute Gasteiger partial charge is 0.478 e. The zero-order chi connectivity index (χ0) is 10.0. The molecule has 0 atom stereocenters. The Hall–Kier alpha value is -1.84. The summed E-state index contributed by atoms with van der Waals surface area (Å²) in [5.74, 6) is -1.23. The van der Waals surface area contributed by atoms with E-state index in [0.717, 1.165) is 0 Å². The van der Waals surface area contributed by atoms with Crippen LogP contribution in [-0.4, -0.2) is 16.9 Å². The Kier molecular flexibility index (Phi) is 2.32. The second kappa shape index (κ2) is 3.26. The molecule has 3 N–H and O–H groups in total. The minimum Gasteiger partial charge on any atom is -0.478 e. The van der Waals surface area contributed by atoms with Crippen LogP contribution in [0.3, 0.4) is 0 Å². The van der Waals surface area contributed by atoms with E-state index in [0.29, 0.717) is 5.56 Å². The maximum Gasteiger partial charge on any atom is 0.337 e. The molecule has 0 spiro atoms. The summed E-state index contributed by atoms with van der Waals surface area (Å²) in [6.45, 7) is 1.40. The lowest BCUT2D eigenvalue weighted by Crippen LogP contribution is -2.04. The Morgan fingerprint density at radius 2 is 2.00 bits per heavy atom. The maximum atomic E-state index is 10.9. The summed E-state index contributed by atoms with van der Waals surface area (Å²) in [4.78, 5) is 21.4. The third-order valence-electron chi connectivity index (χ3n) is 1.69. The number of ketones is 1. The Labute approximate surface area is 75.0 Å². The van der Waals surface area contributed by atoms with Crippen molar-refractivity contribution in [2.75, 3.05) is 5.73 Å². The normalized spacial score (nSPS) is 9.62. The minimum atomic E-state index is -1.09. The fourth-order valence-electron chi connectivity index (χ4n) is 0.976. The molecule has 13 heavy (non-hydrogen) atoms. The Morgan fingerprint density at radius 3 is 2.38 bits per heavy atom. The van der Waals surface area contributed by atoms with Gasteiger partial charge in [-0.25, -0.2) is 4.79 Å². The van der Waals surface area contributed by atoms with Crippen LogP contribution < -0.4 is 5.73 Å². The van der Waals surface area contributed by atoms with Gasteiger partial charge in [0.1, 0.15) is 0 Å². The number of hydrogen-bond acceptors (Lipinski definition) is 3. The molecule has 4 nitrogen and oxygen atoms in total. The van der Waals surface area contributed by atoms with Crippen LogP contribution in [-0.2, 0) is 0 Å². The second-order valence-corrected chi connectivity index (χ2v) is 2.66. The molecule has 0 bridgehead atoms. The van der Waals surface area contributed by atoms with Gasteiger partial charge in [0.05, 0.1) is 5.56 Å². The fourth-order valence-corrected chi connectivity index (χ4v) is 0.976. The van der Waals surface area contributed by atoms with E-state index in [-0.39, 0.29) is 17.0 Å². The first-order valence-corrected chi connectivity index (χ1v) is 3.66. The van der Waals surface area contributed by atoms with Crippen LogP contribution >= 0.6 is 0 Å². The number of benzene rings is 1. The fraction of sp³-hybridized carbons (Fsp3) is 0.111. The number of nitrogen functional groups attached to an aromatic ring is 1. The van der Waals surface area contributed by atoms with Crippen LogP contribution in [0.15, 0.2) is 18.2 Å². The van der Waals surface area contributed by atoms with E-state index in [9.17, 15) is 9.59 Å². The van der Waals surface area contributed by atoms with E-state index in [2.05, 4.69) is 0 Å². The lowest BCUT2D eigenvalue weighted by atomic mass is 10.1. The van der Waals surface area contributed by atoms with Gasteiger partial charge in [-0.15, -0.1) is 0 Å². The second-order valence-electron chi connectivity index (χ2n) is 2.66. The van der Waals surface area contributed by atoms with E-state index in [1.165, 1.54) is 25.1 Å². The predicted octanol–water partition coefficient (Wildman–Crippen LogP) is 1.17.